The number of ether oxygens (including phenoxy) is 3. The molecule has 45 heavy (non-hydrogen) atoms. The number of anilines is 1. The molecule has 1 fully saturated rings. The highest BCUT2D eigenvalue weighted by atomic mass is 35.5. The SMILES string of the molecule is C=CC.CC.CC(C)(C)OC(=O)N1CCC2(CC1)CC(Cl)c1cc(-c3ccc(NC(=O)OCc4ccccc4)cc3)cnc1O2. The number of pyridine rings is 1. The van der Waals surface area contributed by atoms with Gasteiger partial charge in [0.1, 0.15) is 17.8 Å². The zero-order valence-corrected chi connectivity index (χ0v) is 28.0. The second kappa shape index (κ2) is 16.3. The minimum Gasteiger partial charge on any atom is -0.471 e. The van der Waals surface area contributed by atoms with Crippen LogP contribution < -0.4 is 10.1 Å². The van der Waals surface area contributed by atoms with Gasteiger partial charge < -0.3 is 19.1 Å². The summed E-state index contributed by atoms with van der Waals surface area (Å²) in [5.41, 5.74) is 3.27. The van der Waals surface area contributed by atoms with Gasteiger partial charge >= 0.3 is 12.2 Å². The Balaban J connectivity index is 0.00000104. The molecule has 8 nitrogen and oxygen atoms in total. The zero-order valence-electron chi connectivity index (χ0n) is 27.3. The minimum atomic E-state index is -0.527. The number of fused-ring (bicyclic) bond motifs is 1. The third kappa shape index (κ3) is 10.2. The number of hydrogen-bond donors (Lipinski definition) is 1. The fourth-order valence-electron chi connectivity index (χ4n) is 4.97. The normalized spacial score (nSPS) is 16.3. The van der Waals surface area contributed by atoms with Crippen molar-refractivity contribution in [2.75, 3.05) is 18.4 Å². The number of nitrogens with zero attached hydrogens (tertiary/aromatic N) is 2. The second-order valence-corrected chi connectivity index (χ2v) is 12.2. The molecular weight excluding hydrogens is 590 g/mol. The number of nitrogens with one attached hydrogen (secondary N) is 1. The molecule has 5 rings (SSSR count). The first-order valence-corrected chi connectivity index (χ1v) is 15.9. The van der Waals surface area contributed by atoms with Crippen molar-refractivity contribution >= 4 is 29.5 Å². The summed E-state index contributed by atoms with van der Waals surface area (Å²) in [6, 6.07) is 19.0. The Labute approximate surface area is 272 Å². The van der Waals surface area contributed by atoms with Gasteiger partial charge in [-0.2, -0.15) is 0 Å². The first-order chi connectivity index (χ1) is 21.5. The number of allylic oxidation sites excluding steroid dienone is 1. The highest BCUT2D eigenvalue weighted by molar-refractivity contribution is 6.21. The molecule has 1 atom stereocenters. The van der Waals surface area contributed by atoms with Crippen molar-refractivity contribution in [3.05, 3.63) is 90.6 Å². The maximum atomic E-state index is 12.5. The van der Waals surface area contributed by atoms with Crippen molar-refractivity contribution in [1.29, 1.82) is 0 Å². The summed E-state index contributed by atoms with van der Waals surface area (Å²) in [6.45, 7) is 16.1. The van der Waals surface area contributed by atoms with Crippen molar-refractivity contribution in [3.8, 4) is 17.0 Å². The van der Waals surface area contributed by atoms with Crippen molar-refractivity contribution < 1.29 is 23.8 Å². The Morgan fingerprint density at radius 2 is 1.71 bits per heavy atom. The molecule has 2 amide bonds. The number of aromatic nitrogens is 1. The average Bonchev–Trinajstić information content (AvgIpc) is 3.02. The molecule has 9 heteroatoms. The lowest BCUT2D eigenvalue weighted by Gasteiger charge is -2.45. The van der Waals surface area contributed by atoms with Crippen LogP contribution in [0.2, 0.25) is 0 Å². The van der Waals surface area contributed by atoms with Crippen LogP contribution in [-0.2, 0) is 16.1 Å². The van der Waals surface area contributed by atoms with E-state index in [4.69, 9.17) is 25.8 Å². The average molecular weight is 636 g/mol. The molecule has 0 aliphatic carbocycles. The molecule has 1 aromatic heterocycles. The van der Waals surface area contributed by atoms with Crippen LogP contribution in [0.5, 0.6) is 5.88 Å². The molecule has 1 unspecified atom stereocenters. The molecule has 3 aromatic rings. The van der Waals surface area contributed by atoms with Gasteiger partial charge in [0.15, 0.2) is 0 Å². The summed E-state index contributed by atoms with van der Waals surface area (Å²) in [7, 11) is 0. The lowest BCUT2D eigenvalue weighted by atomic mass is 9.83. The summed E-state index contributed by atoms with van der Waals surface area (Å²) >= 11 is 6.89. The summed E-state index contributed by atoms with van der Waals surface area (Å²) in [6.07, 6.45) is 4.69. The number of carbonyl (C=O) groups is 2. The van der Waals surface area contributed by atoms with Gasteiger partial charge in [-0.15, -0.1) is 18.2 Å². The Morgan fingerprint density at radius 3 is 2.31 bits per heavy atom. The monoisotopic (exact) mass is 635 g/mol. The van der Waals surface area contributed by atoms with Crippen LogP contribution in [-0.4, -0.2) is 46.4 Å². The second-order valence-electron chi connectivity index (χ2n) is 11.7. The summed E-state index contributed by atoms with van der Waals surface area (Å²) in [5, 5.41) is 2.49. The standard InChI is InChI=1S/C31H34ClN3O5.C3H6.C2H6/c1-30(2,3)40-29(37)35-15-13-31(14-16-35)18-26(32)25-17-23(19-33-27(25)39-31)22-9-11-24(12-10-22)34-28(36)38-20-21-7-5-4-6-8-21;1-3-2;1-2/h4-12,17,19,26H,13-16,18,20H2,1-3H3,(H,34,36);3H,1H2,2H3;1-2H3. The van der Waals surface area contributed by atoms with Gasteiger partial charge in [0.05, 0.1) is 5.38 Å². The lowest BCUT2D eigenvalue weighted by molar-refractivity contribution is -0.0305. The number of benzene rings is 2. The third-order valence-corrected chi connectivity index (χ3v) is 7.47. The number of halogens is 1. The lowest BCUT2D eigenvalue weighted by Crippen LogP contribution is -2.52. The number of rotatable bonds is 4. The number of carbonyl (C=O) groups excluding carboxylic acids is 2. The molecule has 1 saturated heterocycles. The van der Waals surface area contributed by atoms with Crippen LogP contribution in [0.25, 0.3) is 11.1 Å². The highest BCUT2D eigenvalue weighted by Gasteiger charge is 2.44. The number of amides is 2. The minimum absolute atomic E-state index is 0.205. The van der Waals surface area contributed by atoms with Crippen molar-refractivity contribution in [2.24, 2.45) is 0 Å². The summed E-state index contributed by atoms with van der Waals surface area (Å²) in [4.78, 5) is 31.0. The van der Waals surface area contributed by atoms with E-state index in [-0.39, 0.29) is 18.1 Å². The molecule has 1 spiro atoms. The summed E-state index contributed by atoms with van der Waals surface area (Å²) < 4.78 is 17.2. The fourth-order valence-corrected chi connectivity index (χ4v) is 5.41. The molecular formula is C36H46ClN3O5. The van der Waals surface area contributed by atoms with Crippen molar-refractivity contribution in [3.63, 3.8) is 0 Å². The van der Waals surface area contributed by atoms with Gasteiger partial charge in [0.2, 0.25) is 5.88 Å². The Kier molecular flexibility index (Phi) is 12.9. The van der Waals surface area contributed by atoms with Crippen LogP contribution in [0.15, 0.2) is 79.5 Å². The van der Waals surface area contributed by atoms with E-state index in [0.29, 0.717) is 43.9 Å². The number of hydrogen-bond acceptors (Lipinski definition) is 6. The van der Waals surface area contributed by atoms with Gasteiger partial charge in [0, 0.05) is 55.4 Å². The van der Waals surface area contributed by atoms with Crippen LogP contribution in [0.4, 0.5) is 15.3 Å². The molecule has 0 saturated carbocycles. The first-order valence-electron chi connectivity index (χ1n) is 15.5. The Hall–Kier alpha value is -4.04. The largest absolute Gasteiger partial charge is 0.471 e. The van der Waals surface area contributed by atoms with Gasteiger partial charge in [-0.05, 0) is 57.0 Å². The molecule has 3 heterocycles. The van der Waals surface area contributed by atoms with Crippen molar-refractivity contribution in [1.82, 2.24) is 9.88 Å². The molecule has 2 aliphatic heterocycles. The van der Waals surface area contributed by atoms with Gasteiger partial charge in [-0.25, -0.2) is 14.6 Å². The van der Waals surface area contributed by atoms with Crippen LogP contribution in [0.3, 0.4) is 0 Å². The predicted octanol–water partition coefficient (Wildman–Crippen LogP) is 9.55. The first kappa shape index (κ1) is 35.4. The topological polar surface area (TPSA) is 90.0 Å². The van der Waals surface area contributed by atoms with E-state index in [2.05, 4.69) is 16.9 Å². The van der Waals surface area contributed by atoms with Crippen LogP contribution in [0.1, 0.15) is 77.3 Å². The van der Waals surface area contributed by atoms with Gasteiger partial charge in [-0.1, -0.05) is 62.4 Å². The number of likely N-dealkylation sites (tertiary alicyclic amines) is 1. The van der Waals surface area contributed by atoms with Crippen LogP contribution in [0, 0.1) is 0 Å². The maximum absolute atomic E-state index is 12.5. The molecule has 242 valence electrons. The zero-order chi connectivity index (χ0) is 33.0. The highest BCUT2D eigenvalue weighted by Crippen LogP contribution is 2.47. The molecule has 1 N–H and O–H groups in total. The van der Waals surface area contributed by atoms with Gasteiger partial charge in [0.25, 0.3) is 0 Å². The smallest absolute Gasteiger partial charge is 0.411 e. The van der Waals surface area contributed by atoms with Crippen LogP contribution >= 0.6 is 11.6 Å². The number of piperidine rings is 1. The van der Waals surface area contributed by atoms with E-state index in [9.17, 15) is 9.59 Å². The molecule has 0 bridgehead atoms. The quantitative estimate of drug-likeness (QED) is 0.227. The predicted molar refractivity (Wildman–Crippen MR) is 181 cm³/mol. The molecule has 0 radical (unpaired) electrons. The van der Waals surface area contributed by atoms with Crippen molar-refractivity contribution in [2.45, 2.75) is 84.0 Å². The van der Waals surface area contributed by atoms with E-state index in [0.717, 1.165) is 22.3 Å². The fraction of sp³-hybridized carbons (Fsp3) is 0.417. The third-order valence-electron chi connectivity index (χ3n) is 7.08. The Morgan fingerprint density at radius 1 is 1.09 bits per heavy atom. The molecule has 2 aliphatic rings. The van der Waals surface area contributed by atoms with E-state index < -0.39 is 17.3 Å². The summed E-state index contributed by atoms with van der Waals surface area (Å²) in [5.74, 6) is 0.542. The van der Waals surface area contributed by atoms with Gasteiger partial charge in [-0.3, -0.25) is 5.32 Å². The van der Waals surface area contributed by atoms with E-state index in [1.54, 1.807) is 17.2 Å². The van der Waals surface area contributed by atoms with E-state index >= 15 is 0 Å². The Bertz CT molecular complexity index is 1400. The van der Waals surface area contributed by atoms with E-state index in [1.165, 1.54) is 0 Å². The number of alkyl halides is 1. The molecule has 2 aromatic carbocycles. The maximum Gasteiger partial charge on any atom is 0.411 e. The van der Waals surface area contributed by atoms with E-state index in [1.807, 2.05) is 102 Å².